The molecule has 12 heteroatoms. The summed E-state index contributed by atoms with van der Waals surface area (Å²) >= 11 is 0. The Morgan fingerprint density at radius 3 is 1.40 bits per heavy atom. The van der Waals surface area contributed by atoms with Crippen LogP contribution in [0.5, 0.6) is 11.5 Å². The Morgan fingerprint density at radius 2 is 0.936 bits per heavy atom. The van der Waals surface area contributed by atoms with Gasteiger partial charge in [0.15, 0.2) is 11.5 Å². The Labute approximate surface area is 270 Å². The van der Waals surface area contributed by atoms with Crippen LogP contribution in [0.2, 0.25) is 0 Å². The lowest BCUT2D eigenvalue weighted by Crippen LogP contribution is -2.20. The molecule has 4 aromatic carbocycles. The smallest absolute Gasteiger partial charge is 0.292 e. The third kappa shape index (κ3) is 10.4. The molecule has 0 fully saturated rings. The van der Waals surface area contributed by atoms with Crippen LogP contribution >= 0.6 is 0 Å². The lowest BCUT2D eigenvalue weighted by molar-refractivity contribution is -0.287. The lowest BCUT2D eigenvalue weighted by Gasteiger charge is -2.17. The summed E-state index contributed by atoms with van der Waals surface area (Å²) < 4.78 is 0. The summed E-state index contributed by atoms with van der Waals surface area (Å²) in [7, 11) is 0. The molecule has 0 N–H and O–H groups in total. The van der Waals surface area contributed by atoms with Crippen LogP contribution < -0.4 is 9.78 Å². The van der Waals surface area contributed by atoms with Crippen molar-refractivity contribution in [2.75, 3.05) is 0 Å². The van der Waals surface area contributed by atoms with Gasteiger partial charge in [-0.1, -0.05) is 67.6 Å². The van der Waals surface area contributed by atoms with Gasteiger partial charge in [0.25, 0.3) is 0 Å². The maximum absolute atomic E-state index is 12.7. The van der Waals surface area contributed by atoms with Crippen LogP contribution in [-0.4, -0.2) is 36.1 Å². The van der Waals surface area contributed by atoms with Crippen molar-refractivity contribution in [1.29, 1.82) is 0 Å². The Bertz CT molecular complexity index is 1620. The Balaban J connectivity index is 1.21. The van der Waals surface area contributed by atoms with E-state index in [2.05, 4.69) is 0 Å². The highest BCUT2D eigenvalue weighted by molar-refractivity contribution is 5.93. The minimum absolute atomic E-state index is 0.0223. The first-order chi connectivity index (χ1) is 22.9. The number of carbonyl (C=O) groups is 4. The fraction of sp³-hybridized carbons (Fsp3) is 0.200. The van der Waals surface area contributed by atoms with Crippen molar-refractivity contribution >= 4 is 23.9 Å². The Kier molecular flexibility index (Phi) is 12.9. The summed E-state index contributed by atoms with van der Waals surface area (Å²) in [5, 5.41) is 0. The molecule has 0 amide bonds. The number of rotatable bonds is 16. The maximum atomic E-state index is 12.7. The molecule has 0 aliphatic heterocycles. The van der Waals surface area contributed by atoms with Crippen LogP contribution in [0.1, 0.15) is 74.5 Å². The minimum atomic E-state index is -0.865. The zero-order valence-corrected chi connectivity index (χ0v) is 25.6. The number of carbonyl (C=O) groups excluding carboxylic acids is 4. The second-order valence-corrected chi connectivity index (χ2v) is 9.98. The number of para-hydroxylation sites is 2. The van der Waals surface area contributed by atoms with Crippen molar-refractivity contribution in [2.24, 2.45) is 0 Å². The van der Waals surface area contributed by atoms with Gasteiger partial charge >= 0.3 is 23.9 Å². The van der Waals surface area contributed by atoms with Crippen molar-refractivity contribution in [3.8, 4) is 11.5 Å². The zero-order valence-electron chi connectivity index (χ0n) is 25.6. The molecule has 4 aromatic rings. The van der Waals surface area contributed by atoms with Crippen LogP contribution in [0.15, 0.2) is 109 Å². The van der Waals surface area contributed by atoms with Crippen LogP contribution in [0.4, 0.5) is 0 Å². The van der Waals surface area contributed by atoms with E-state index in [1.165, 1.54) is 24.3 Å². The van der Waals surface area contributed by atoms with Crippen LogP contribution in [0.3, 0.4) is 0 Å². The SMILES string of the molecule is CCC(CCC(C)OOC(=O)c1ccccc1OOC(=O)c1ccccc1)OOC(=O)c1ccccc1OOC(=O)c1ccccc1. The summed E-state index contributed by atoms with van der Waals surface area (Å²) in [6, 6.07) is 28.5. The van der Waals surface area contributed by atoms with E-state index >= 15 is 0 Å². The van der Waals surface area contributed by atoms with Crippen LogP contribution in [0.25, 0.3) is 0 Å². The second kappa shape index (κ2) is 17.7. The fourth-order valence-electron chi connectivity index (χ4n) is 3.94. The van der Waals surface area contributed by atoms with Crippen molar-refractivity contribution in [3.05, 3.63) is 131 Å². The Morgan fingerprint density at radius 1 is 0.511 bits per heavy atom. The van der Waals surface area contributed by atoms with E-state index in [0.717, 1.165) is 0 Å². The molecule has 0 bridgehead atoms. The summed E-state index contributed by atoms with van der Waals surface area (Å²) in [5.74, 6) is -3.28. The largest absolute Gasteiger partial charge is 0.386 e. The van der Waals surface area contributed by atoms with Gasteiger partial charge in [0.05, 0.1) is 11.1 Å². The molecule has 0 saturated carbocycles. The van der Waals surface area contributed by atoms with E-state index in [-0.39, 0.29) is 33.8 Å². The van der Waals surface area contributed by atoms with Gasteiger partial charge < -0.3 is 0 Å². The number of benzene rings is 4. The predicted octanol–water partition coefficient (Wildman–Crippen LogP) is 6.81. The zero-order chi connectivity index (χ0) is 33.4. The van der Waals surface area contributed by atoms with E-state index < -0.39 is 36.1 Å². The topological polar surface area (TPSA) is 142 Å². The van der Waals surface area contributed by atoms with E-state index in [4.69, 9.17) is 39.1 Å². The van der Waals surface area contributed by atoms with E-state index in [9.17, 15) is 19.2 Å². The second-order valence-electron chi connectivity index (χ2n) is 9.98. The van der Waals surface area contributed by atoms with Crippen molar-refractivity contribution in [2.45, 2.75) is 45.3 Å². The summed E-state index contributed by atoms with van der Waals surface area (Å²) in [4.78, 5) is 90.4. The van der Waals surface area contributed by atoms with Gasteiger partial charge in [-0.15, -0.1) is 0 Å². The third-order valence-electron chi connectivity index (χ3n) is 6.55. The molecular weight excluding hydrogens is 612 g/mol. The average molecular weight is 645 g/mol. The molecule has 0 aromatic heterocycles. The van der Waals surface area contributed by atoms with Crippen molar-refractivity contribution < 1.29 is 58.3 Å². The first kappa shape index (κ1) is 34.2. The van der Waals surface area contributed by atoms with Gasteiger partial charge in [0.2, 0.25) is 0 Å². The third-order valence-corrected chi connectivity index (χ3v) is 6.55. The van der Waals surface area contributed by atoms with Crippen LogP contribution in [0, 0.1) is 0 Å². The first-order valence-electron chi connectivity index (χ1n) is 14.7. The first-order valence-corrected chi connectivity index (χ1v) is 14.7. The van der Waals surface area contributed by atoms with Gasteiger partial charge in [-0.25, -0.2) is 29.0 Å². The van der Waals surface area contributed by atoms with Gasteiger partial charge in [0.1, 0.15) is 23.3 Å². The highest BCUT2D eigenvalue weighted by atomic mass is 17.2. The van der Waals surface area contributed by atoms with E-state index in [1.807, 2.05) is 6.92 Å². The fourth-order valence-corrected chi connectivity index (χ4v) is 3.94. The van der Waals surface area contributed by atoms with Gasteiger partial charge in [0, 0.05) is 0 Å². The number of hydrogen-bond donors (Lipinski definition) is 0. The van der Waals surface area contributed by atoms with E-state index in [0.29, 0.717) is 19.3 Å². The highest BCUT2D eigenvalue weighted by Gasteiger charge is 2.22. The molecule has 12 nitrogen and oxygen atoms in total. The van der Waals surface area contributed by atoms with Crippen molar-refractivity contribution in [3.63, 3.8) is 0 Å². The molecule has 47 heavy (non-hydrogen) atoms. The van der Waals surface area contributed by atoms with Gasteiger partial charge in [-0.3, -0.25) is 19.6 Å². The quantitative estimate of drug-likeness (QED) is 0.0934. The molecule has 0 saturated heterocycles. The summed E-state index contributed by atoms with van der Waals surface area (Å²) in [6.07, 6.45) is 0.150. The maximum Gasteiger partial charge on any atom is 0.386 e. The molecule has 244 valence electrons. The van der Waals surface area contributed by atoms with Crippen molar-refractivity contribution in [1.82, 2.24) is 0 Å². The standard InChI is InChI=1S/C35H32O12/c1-3-27(41-47-35(39)29-19-11-13-21-31(29)43-45-33(37)26-16-8-5-9-17-26)23-22-24(2)40-46-34(38)28-18-10-12-20-30(28)42-44-32(36)25-14-6-4-7-15-25/h4-21,24,27H,3,22-23H2,1-2H3. The summed E-state index contributed by atoms with van der Waals surface area (Å²) in [5.41, 5.74) is 0.497. The molecular formula is C35H32O12. The molecule has 2 unspecified atom stereocenters. The molecule has 0 aliphatic rings. The summed E-state index contributed by atoms with van der Waals surface area (Å²) in [6.45, 7) is 3.52. The average Bonchev–Trinajstić information content (AvgIpc) is 3.12. The van der Waals surface area contributed by atoms with E-state index in [1.54, 1.807) is 91.9 Å². The predicted molar refractivity (Wildman–Crippen MR) is 164 cm³/mol. The molecule has 4 rings (SSSR count). The minimum Gasteiger partial charge on any atom is -0.292 e. The molecule has 0 spiro atoms. The Hall–Kier alpha value is -5.72. The van der Waals surface area contributed by atoms with Crippen LogP contribution in [-0.2, 0) is 29.3 Å². The van der Waals surface area contributed by atoms with Gasteiger partial charge in [-0.05, 0) is 74.7 Å². The number of hydrogen-bond acceptors (Lipinski definition) is 12. The lowest BCUT2D eigenvalue weighted by atomic mass is 10.1. The normalized spacial score (nSPS) is 11.8. The molecule has 0 heterocycles. The molecule has 2 atom stereocenters. The van der Waals surface area contributed by atoms with Gasteiger partial charge in [-0.2, -0.15) is 9.78 Å². The highest BCUT2D eigenvalue weighted by Crippen LogP contribution is 2.23. The monoisotopic (exact) mass is 644 g/mol. The molecule has 0 radical (unpaired) electrons. The molecule has 0 aliphatic carbocycles.